The van der Waals surface area contributed by atoms with Crippen molar-refractivity contribution in [3.8, 4) is 5.75 Å². The standard InChI is InChI=1S/C14H18BrNO2/c15-12-6-10-3-5-18-14(10)11(7-12)8-16-4-1-2-13(16)9-17/h6-7,13,17H,1-5,8-9H2. The van der Waals surface area contributed by atoms with Gasteiger partial charge in [0.15, 0.2) is 0 Å². The molecule has 1 saturated heterocycles. The van der Waals surface area contributed by atoms with Crippen molar-refractivity contribution in [2.45, 2.75) is 31.8 Å². The Hall–Kier alpha value is -0.580. The van der Waals surface area contributed by atoms with E-state index in [-0.39, 0.29) is 6.61 Å². The first kappa shape index (κ1) is 12.5. The molecule has 1 N–H and O–H groups in total. The molecule has 0 aliphatic carbocycles. The Kier molecular flexibility index (Phi) is 3.59. The zero-order valence-corrected chi connectivity index (χ0v) is 11.9. The summed E-state index contributed by atoms with van der Waals surface area (Å²) >= 11 is 3.57. The van der Waals surface area contributed by atoms with Gasteiger partial charge in [0.25, 0.3) is 0 Å². The Morgan fingerprint density at radius 1 is 1.44 bits per heavy atom. The number of nitrogens with zero attached hydrogens (tertiary/aromatic N) is 1. The number of hydrogen-bond donors (Lipinski definition) is 1. The SMILES string of the molecule is OCC1CCCN1Cc1cc(Br)cc2c1OCC2. The summed E-state index contributed by atoms with van der Waals surface area (Å²) in [6.07, 6.45) is 3.29. The van der Waals surface area contributed by atoms with Crippen molar-refractivity contribution in [2.24, 2.45) is 0 Å². The second-order valence-corrected chi connectivity index (χ2v) is 6.02. The Bertz CT molecular complexity index is 450. The smallest absolute Gasteiger partial charge is 0.127 e. The van der Waals surface area contributed by atoms with E-state index in [1.807, 2.05) is 0 Å². The number of aliphatic hydroxyl groups is 1. The van der Waals surface area contributed by atoms with E-state index in [9.17, 15) is 5.11 Å². The third-order valence-corrected chi connectivity index (χ3v) is 4.37. The minimum Gasteiger partial charge on any atom is -0.493 e. The number of ether oxygens (including phenoxy) is 1. The number of fused-ring (bicyclic) bond motifs is 1. The van der Waals surface area contributed by atoms with Crippen LogP contribution in [0.4, 0.5) is 0 Å². The van der Waals surface area contributed by atoms with Crippen molar-refractivity contribution in [1.82, 2.24) is 4.90 Å². The molecular formula is C14H18BrNO2. The van der Waals surface area contributed by atoms with Gasteiger partial charge >= 0.3 is 0 Å². The van der Waals surface area contributed by atoms with Crippen molar-refractivity contribution in [3.05, 3.63) is 27.7 Å². The van der Waals surface area contributed by atoms with Crippen LogP contribution in [0, 0.1) is 0 Å². The van der Waals surface area contributed by atoms with Gasteiger partial charge in [0, 0.05) is 29.0 Å². The van der Waals surface area contributed by atoms with Crippen LogP contribution in [0.1, 0.15) is 24.0 Å². The van der Waals surface area contributed by atoms with Gasteiger partial charge in [-0.15, -0.1) is 0 Å². The Morgan fingerprint density at radius 3 is 3.17 bits per heavy atom. The van der Waals surface area contributed by atoms with Gasteiger partial charge in [0.1, 0.15) is 5.75 Å². The maximum absolute atomic E-state index is 9.38. The highest BCUT2D eigenvalue weighted by atomic mass is 79.9. The molecule has 0 amide bonds. The maximum Gasteiger partial charge on any atom is 0.127 e. The maximum atomic E-state index is 9.38. The molecule has 4 heteroatoms. The van der Waals surface area contributed by atoms with E-state index in [4.69, 9.17) is 4.74 Å². The number of hydrogen-bond acceptors (Lipinski definition) is 3. The zero-order valence-electron chi connectivity index (χ0n) is 10.4. The monoisotopic (exact) mass is 311 g/mol. The average molecular weight is 312 g/mol. The van der Waals surface area contributed by atoms with E-state index in [0.29, 0.717) is 6.04 Å². The largest absolute Gasteiger partial charge is 0.493 e. The van der Waals surface area contributed by atoms with Gasteiger partial charge in [0.05, 0.1) is 13.2 Å². The van der Waals surface area contributed by atoms with Gasteiger partial charge in [-0.05, 0) is 37.1 Å². The third kappa shape index (κ3) is 2.29. The van der Waals surface area contributed by atoms with Crippen LogP contribution < -0.4 is 4.74 Å². The second-order valence-electron chi connectivity index (χ2n) is 5.10. The van der Waals surface area contributed by atoms with Crippen molar-refractivity contribution >= 4 is 15.9 Å². The van der Waals surface area contributed by atoms with Crippen LogP contribution in [-0.4, -0.2) is 35.8 Å². The van der Waals surface area contributed by atoms with Crippen molar-refractivity contribution in [1.29, 1.82) is 0 Å². The predicted octanol–water partition coefficient (Wildman–Crippen LogP) is 2.34. The van der Waals surface area contributed by atoms with Gasteiger partial charge < -0.3 is 9.84 Å². The van der Waals surface area contributed by atoms with Gasteiger partial charge in [-0.1, -0.05) is 15.9 Å². The van der Waals surface area contributed by atoms with Gasteiger partial charge in [-0.25, -0.2) is 0 Å². The Balaban J connectivity index is 1.84. The first-order valence-corrected chi connectivity index (χ1v) is 7.36. The molecule has 0 saturated carbocycles. The van der Waals surface area contributed by atoms with Gasteiger partial charge in [0.2, 0.25) is 0 Å². The van der Waals surface area contributed by atoms with E-state index >= 15 is 0 Å². The van der Waals surface area contributed by atoms with Crippen LogP contribution in [0.2, 0.25) is 0 Å². The predicted molar refractivity (Wildman–Crippen MR) is 73.9 cm³/mol. The quantitative estimate of drug-likeness (QED) is 0.930. The molecule has 0 spiro atoms. The normalized spacial score (nSPS) is 23.1. The lowest BCUT2D eigenvalue weighted by Crippen LogP contribution is -2.31. The molecule has 2 heterocycles. The summed E-state index contributed by atoms with van der Waals surface area (Å²) in [5.41, 5.74) is 2.55. The Labute approximate surface area is 116 Å². The molecule has 2 aliphatic heterocycles. The van der Waals surface area contributed by atoms with Crippen LogP contribution >= 0.6 is 15.9 Å². The number of likely N-dealkylation sites (tertiary alicyclic amines) is 1. The first-order valence-electron chi connectivity index (χ1n) is 6.57. The van der Waals surface area contributed by atoms with Gasteiger partial charge in [-0.3, -0.25) is 4.90 Å². The lowest BCUT2D eigenvalue weighted by atomic mass is 10.1. The van der Waals surface area contributed by atoms with Crippen LogP contribution in [0.3, 0.4) is 0 Å². The minimum absolute atomic E-state index is 0.261. The van der Waals surface area contributed by atoms with Crippen LogP contribution in [0.5, 0.6) is 5.75 Å². The fourth-order valence-corrected chi connectivity index (χ4v) is 3.54. The van der Waals surface area contributed by atoms with Crippen LogP contribution in [-0.2, 0) is 13.0 Å². The second kappa shape index (κ2) is 5.19. The summed E-state index contributed by atoms with van der Waals surface area (Å²) in [5, 5.41) is 9.38. The molecule has 0 radical (unpaired) electrons. The number of rotatable bonds is 3. The van der Waals surface area contributed by atoms with Crippen molar-refractivity contribution < 1.29 is 9.84 Å². The van der Waals surface area contributed by atoms with E-state index in [1.165, 1.54) is 17.5 Å². The average Bonchev–Trinajstić information content (AvgIpc) is 2.96. The molecule has 0 aromatic heterocycles. The highest BCUT2D eigenvalue weighted by Gasteiger charge is 2.26. The van der Waals surface area contributed by atoms with Crippen molar-refractivity contribution in [2.75, 3.05) is 19.8 Å². The summed E-state index contributed by atoms with van der Waals surface area (Å²) in [5.74, 6) is 1.07. The number of aliphatic hydroxyl groups excluding tert-OH is 1. The van der Waals surface area contributed by atoms with E-state index in [1.54, 1.807) is 0 Å². The molecule has 3 rings (SSSR count). The number of benzene rings is 1. The minimum atomic E-state index is 0.261. The van der Waals surface area contributed by atoms with Crippen LogP contribution in [0.15, 0.2) is 16.6 Å². The molecule has 1 unspecified atom stereocenters. The first-order chi connectivity index (χ1) is 8.78. The summed E-state index contributed by atoms with van der Waals surface area (Å²) in [6.45, 7) is 3.01. The molecule has 1 aromatic carbocycles. The zero-order chi connectivity index (χ0) is 12.5. The van der Waals surface area contributed by atoms with E-state index < -0.39 is 0 Å². The molecule has 1 aromatic rings. The summed E-state index contributed by atoms with van der Waals surface area (Å²) in [7, 11) is 0. The van der Waals surface area contributed by atoms with E-state index in [2.05, 4.69) is 33.0 Å². The topological polar surface area (TPSA) is 32.7 Å². The highest BCUT2D eigenvalue weighted by molar-refractivity contribution is 9.10. The molecular weight excluding hydrogens is 294 g/mol. The molecule has 98 valence electrons. The molecule has 0 bridgehead atoms. The highest BCUT2D eigenvalue weighted by Crippen LogP contribution is 2.34. The van der Waals surface area contributed by atoms with Gasteiger partial charge in [-0.2, -0.15) is 0 Å². The molecule has 1 fully saturated rings. The lowest BCUT2D eigenvalue weighted by molar-refractivity contribution is 0.152. The molecule has 2 aliphatic rings. The molecule has 1 atom stereocenters. The van der Waals surface area contributed by atoms with E-state index in [0.717, 1.165) is 42.8 Å². The van der Waals surface area contributed by atoms with Crippen LogP contribution in [0.25, 0.3) is 0 Å². The Morgan fingerprint density at radius 2 is 2.33 bits per heavy atom. The lowest BCUT2D eigenvalue weighted by Gasteiger charge is -2.23. The summed E-state index contributed by atoms with van der Waals surface area (Å²) < 4.78 is 6.88. The summed E-state index contributed by atoms with van der Waals surface area (Å²) in [4.78, 5) is 2.36. The molecule has 3 nitrogen and oxygen atoms in total. The van der Waals surface area contributed by atoms with Crippen molar-refractivity contribution in [3.63, 3.8) is 0 Å². The fraction of sp³-hybridized carbons (Fsp3) is 0.571. The fourth-order valence-electron chi connectivity index (χ4n) is 2.99. The molecule has 18 heavy (non-hydrogen) atoms. The third-order valence-electron chi connectivity index (χ3n) is 3.91. The number of halogens is 1. The summed E-state index contributed by atoms with van der Waals surface area (Å²) in [6, 6.07) is 4.62.